The Morgan fingerprint density at radius 1 is 1.13 bits per heavy atom. The zero-order valence-corrected chi connectivity index (χ0v) is 13.5. The number of carbonyl (C=O) groups is 1. The van der Waals surface area contributed by atoms with Crippen LogP contribution in [0.3, 0.4) is 0 Å². The summed E-state index contributed by atoms with van der Waals surface area (Å²) < 4.78 is 29.2. The van der Waals surface area contributed by atoms with Crippen molar-refractivity contribution in [3.05, 3.63) is 54.4 Å². The van der Waals surface area contributed by atoms with Crippen LogP contribution >= 0.6 is 0 Å². The fourth-order valence-electron chi connectivity index (χ4n) is 2.27. The van der Waals surface area contributed by atoms with Crippen molar-refractivity contribution in [1.82, 2.24) is 9.55 Å². The molecule has 3 rings (SSSR count). The normalized spacial score (nSPS) is 11.6. The lowest BCUT2D eigenvalue weighted by Crippen LogP contribution is -2.13. The molecule has 1 aromatic heterocycles. The fraction of sp³-hybridized carbons (Fsp3) is 0.125. The average molecular weight is 329 g/mol. The lowest BCUT2D eigenvalue weighted by atomic mass is 10.1. The predicted molar refractivity (Wildman–Crippen MR) is 88.0 cm³/mol. The number of benzene rings is 2. The van der Waals surface area contributed by atoms with Gasteiger partial charge in [0.2, 0.25) is 0 Å². The van der Waals surface area contributed by atoms with E-state index < -0.39 is 10.0 Å². The van der Waals surface area contributed by atoms with Crippen LogP contribution in [-0.4, -0.2) is 23.8 Å². The molecule has 0 amide bonds. The van der Waals surface area contributed by atoms with E-state index in [0.29, 0.717) is 16.8 Å². The van der Waals surface area contributed by atoms with Gasteiger partial charge in [-0.25, -0.2) is 13.4 Å². The van der Waals surface area contributed by atoms with Gasteiger partial charge in [-0.15, -0.1) is 0 Å². The van der Waals surface area contributed by atoms with E-state index >= 15 is 0 Å². The van der Waals surface area contributed by atoms with Crippen LogP contribution in [0.4, 0.5) is 5.69 Å². The number of hydrogen-bond acceptors (Lipinski definition) is 4. The van der Waals surface area contributed by atoms with Crippen LogP contribution in [0, 0.1) is 0 Å². The van der Waals surface area contributed by atoms with E-state index in [2.05, 4.69) is 9.71 Å². The summed E-state index contributed by atoms with van der Waals surface area (Å²) in [4.78, 5) is 15.5. The number of aromatic nitrogens is 2. The minimum atomic E-state index is -3.71. The number of aryl methyl sites for hydroxylation is 1. The van der Waals surface area contributed by atoms with E-state index in [-0.39, 0.29) is 10.7 Å². The maximum Gasteiger partial charge on any atom is 0.261 e. The number of sulfonamides is 1. The molecular formula is C16H15N3O3S. The number of carbonyl (C=O) groups excluding carboxylic acids is 1. The molecule has 1 N–H and O–H groups in total. The Morgan fingerprint density at radius 3 is 2.48 bits per heavy atom. The molecule has 0 atom stereocenters. The number of fused-ring (bicyclic) bond motifs is 1. The van der Waals surface area contributed by atoms with E-state index in [1.807, 2.05) is 11.6 Å². The smallest absolute Gasteiger partial charge is 0.261 e. The zero-order valence-electron chi connectivity index (χ0n) is 12.6. The first-order valence-electron chi connectivity index (χ1n) is 6.92. The molecule has 7 heteroatoms. The van der Waals surface area contributed by atoms with E-state index in [1.165, 1.54) is 19.1 Å². The Kier molecular flexibility index (Phi) is 3.65. The quantitative estimate of drug-likeness (QED) is 0.746. The van der Waals surface area contributed by atoms with Gasteiger partial charge in [0.05, 0.1) is 22.3 Å². The van der Waals surface area contributed by atoms with Gasteiger partial charge in [-0.2, -0.15) is 0 Å². The Labute approximate surface area is 133 Å². The minimum Gasteiger partial charge on any atom is -0.334 e. The monoisotopic (exact) mass is 329 g/mol. The molecule has 3 aromatic rings. The number of nitrogens with one attached hydrogen (secondary N) is 1. The number of nitrogens with zero attached hydrogens (tertiary/aromatic N) is 2. The molecular weight excluding hydrogens is 314 g/mol. The molecule has 23 heavy (non-hydrogen) atoms. The van der Waals surface area contributed by atoms with Crippen LogP contribution in [-0.2, 0) is 17.1 Å². The highest BCUT2D eigenvalue weighted by molar-refractivity contribution is 7.92. The Hall–Kier alpha value is -2.67. The third-order valence-electron chi connectivity index (χ3n) is 3.55. The van der Waals surface area contributed by atoms with Crippen LogP contribution in [0.25, 0.3) is 11.0 Å². The maximum absolute atomic E-state index is 12.5. The van der Waals surface area contributed by atoms with Crippen molar-refractivity contribution in [2.75, 3.05) is 4.72 Å². The summed E-state index contributed by atoms with van der Waals surface area (Å²) in [5, 5.41) is 0. The van der Waals surface area contributed by atoms with Crippen molar-refractivity contribution in [1.29, 1.82) is 0 Å². The highest BCUT2D eigenvalue weighted by Crippen LogP contribution is 2.20. The zero-order chi connectivity index (χ0) is 16.6. The summed E-state index contributed by atoms with van der Waals surface area (Å²) in [6.07, 6.45) is 1.63. The second kappa shape index (κ2) is 5.51. The molecule has 0 unspecified atom stereocenters. The number of anilines is 1. The van der Waals surface area contributed by atoms with Gasteiger partial charge in [0, 0.05) is 18.3 Å². The minimum absolute atomic E-state index is 0.0694. The summed E-state index contributed by atoms with van der Waals surface area (Å²) in [5.41, 5.74) is 2.40. The molecule has 0 aliphatic heterocycles. The molecule has 0 radical (unpaired) electrons. The maximum atomic E-state index is 12.5. The highest BCUT2D eigenvalue weighted by Gasteiger charge is 2.16. The van der Waals surface area contributed by atoms with E-state index in [0.717, 1.165) is 5.52 Å². The van der Waals surface area contributed by atoms with Gasteiger partial charge in [-0.1, -0.05) is 0 Å². The number of ketones is 1. The van der Waals surface area contributed by atoms with Crippen molar-refractivity contribution in [2.24, 2.45) is 7.05 Å². The van der Waals surface area contributed by atoms with Gasteiger partial charge in [0.1, 0.15) is 0 Å². The van der Waals surface area contributed by atoms with Crippen LogP contribution < -0.4 is 4.72 Å². The third kappa shape index (κ3) is 2.95. The van der Waals surface area contributed by atoms with Crippen LogP contribution in [0.15, 0.2) is 53.7 Å². The number of imidazole rings is 1. The Bertz CT molecular complexity index is 989. The Balaban J connectivity index is 1.91. The topological polar surface area (TPSA) is 81.1 Å². The van der Waals surface area contributed by atoms with Gasteiger partial charge in [-0.3, -0.25) is 9.52 Å². The molecule has 0 saturated heterocycles. The first-order chi connectivity index (χ1) is 10.9. The molecule has 6 nitrogen and oxygen atoms in total. The molecule has 118 valence electrons. The molecule has 0 aliphatic rings. The van der Waals surface area contributed by atoms with Gasteiger partial charge >= 0.3 is 0 Å². The van der Waals surface area contributed by atoms with Crippen molar-refractivity contribution in [2.45, 2.75) is 11.8 Å². The lowest BCUT2D eigenvalue weighted by Gasteiger charge is -2.08. The van der Waals surface area contributed by atoms with Crippen molar-refractivity contribution < 1.29 is 13.2 Å². The average Bonchev–Trinajstić information content (AvgIpc) is 2.88. The molecule has 2 aromatic carbocycles. The second-order valence-electron chi connectivity index (χ2n) is 5.25. The first kappa shape index (κ1) is 15.2. The Morgan fingerprint density at radius 2 is 1.83 bits per heavy atom. The fourth-order valence-corrected chi connectivity index (χ4v) is 3.35. The first-order valence-corrected chi connectivity index (χ1v) is 8.40. The molecule has 0 aliphatic carbocycles. The van der Waals surface area contributed by atoms with E-state index in [4.69, 9.17) is 0 Å². The SMILES string of the molecule is CC(=O)c1ccc(NS(=O)(=O)c2ccc3c(c2)ncn3C)cc1. The van der Waals surface area contributed by atoms with Gasteiger partial charge < -0.3 is 4.57 Å². The van der Waals surface area contributed by atoms with Crippen molar-refractivity contribution in [3.8, 4) is 0 Å². The van der Waals surface area contributed by atoms with Crippen LogP contribution in [0.2, 0.25) is 0 Å². The summed E-state index contributed by atoms with van der Waals surface area (Å²) >= 11 is 0. The van der Waals surface area contributed by atoms with Gasteiger partial charge in [0.25, 0.3) is 10.0 Å². The number of Topliss-reactive ketones (excluding diaryl/α,β-unsaturated/α-hetero) is 1. The predicted octanol–water partition coefficient (Wildman–Crippen LogP) is 2.58. The second-order valence-corrected chi connectivity index (χ2v) is 6.93. The molecule has 0 fully saturated rings. The molecule has 1 heterocycles. The standard InChI is InChI=1S/C16H15N3O3S/c1-11(20)12-3-5-13(6-4-12)18-23(21,22)14-7-8-16-15(9-14)17-10-19(16)2/h3-10,18H,1-2H3. The van der Waals surface area contributed by atoms with E-state index in [9.17, 15) is 13.2 Å². The number of hydrogen-bond donors (Lipinski definition) is 1. The number of rotatable bonds is 4. The summed E-state index contributed by atoms with van der Waals surface area (Å²) in [5.74, 6) is -0.0694. The van der Waals surface area contributed by atoms with Crippen molar-refractivity contribution in [3.63, 3.8) is 0 Å². The summed E-state index contributed by atoms with van der Waals surface area (Å²) in [7, 11) is -1.87. The van der Waals surface area contributed by atoms with Gasteiger partial charge in [0.15, 0.2) is 5.78 Å². The van der Waals surface area contributed by atoms with E-state index in [1.54, 1.807) is 36.7 Å². The molecule has 0 saturated carbocycles. The molecule has 0 spiro atoms. The van der Waals surface area contributed by atoms with Gasteiger partial charge in [-0.05, 0) is 49.4 Å². The largest absolute Gasteiger partial charge is 0.334 e. The third-order valence-corrected chi connectivity index (χ3v) is 4.93. The highest BCUT2D eigenvalue weighted by atomic mass is 32.2. The molecule has 0 bridgehead atoms. The summed E-state index contributed by atoms with van der Waals surface area (Å²) in [6, 6.07) is 11.1. The van der Waals surface area contributed by atoms with Crippen LogP contribution in [0.1, 0.15) is 17.3 Å². The lowest BCUT2D eigenvalue weighted by molar-refractivity contribution is 0.101. The van der Waals surface area contributed by atoms with Crippen molar-refractivity contribution >= 4 is 32.5 Å². The van der Waals surface area contributed by atoms with Crippen LogP contribution in [0.5, 0.6) is 0 Å². The summed E-state index contributed by atoms with van der Waals surface area (Å²) in [6.45, 7) is 1.46.